The second kappa shape index (κ2) is 6.25. The summed E-state index contributed by atoms with van der Waals surface area (Å²) < 4.78 is 5.68. The number of nitrogens with zero attached hydrogens (tertiary/aromatic N) is 1. The fourth-order valence-corrected chi connectivity index (χ4v) is 6.42. The van der Waals surface area contributed by atoms with Gasteiger partial charge in [-0.25, -0.2) is 0 Å². The normalized spacial score (nSPS) is 36.3. The first kappa shape index (κ1) is 17.1. The lowest BCUT2D eigenvalue weighted by molar-refractivity contribution is -0.127. The van der Waals surface area contributed by atoms with Gasteiger partial charge in [-0.1, -0.05) is 12.1 Å². The number of rotatable bonds is 4. The van der Waals surface area contributed by atoms with Gasteiger partial charge in [0, 0.05) is 18.5 Å². The van der Waals surface area contributed by atoms with E-state index in [1.165, 1.54) is 19.3 Å². The molecule has 1 aromatic rings. The molecule has 0 radical (unpaired) electrons. The highest BCUT2D eigenvalue weighted by Gasteiger charge is 2.51. The summed E-state index contributed by atoms with van der Waals surface area (Å²) in [6.07, 6.45) is 7.40. The second-order valence-electron chi connectivity index (χ2n) is 9.21. The van der Waals surface area contributed by atoms with Crippen LogP contribution in [0.1, 0.15) is 51.9 Å². The van der Waals surface area contributed by atoms with E-state index in [9.17, 15) is 9.59 Å². The molecule has 1 aromatic carbocycles. The predicted molar refractivity (Wildman–Crippen MR) is 103 cm³/mol. The third-order valence-corrected chi connectivity index (χ3v) is 7.08. The summed E-state index contributed by atoms with van der Waals surface area (Å²) in [5, 5.41) is 3.41. The first-order valence-electron chi connectivity index (χ1n) is 10.4. The predicted octanol–water partition coefficient (Wildman–Crippen LogP) is 3.28. The Morgan fingerprint density at radius 1 is 1.15 bits per heavy atom. The van der Waals surface area contributed by atoms with Gasteiger partial charge in [-0.2, -0.15) is 0 Å². The monoisotopic (exact) mass is 368 g/mol. The zero-order chi connectivity index (χ0) is 18.6. The van der Waals surface area contributed by atoms with Gasteiger partial charge < -0.3 is 15.0 Å². The van der Waals surface area contributed by atoms with E-state index >= 15 is 0 Å². The average molecular weight is 368 g/mol. The zero-order valence-corrected chi connectivity index (χ0v) is 15.9. The van der Waals surface area contributed by atoms with Gasteiger partial charge in [-0.15, -0.1) is 0 Å². The number of nitrogens with one attached hydrogen (secondary N) is 1. The van der Waals surface area contributed by atoms with Gasteiger partial charge in [-0.05, 0) is 75.3 Å². The molecule has 144 valence electrons. The maximum atomic E-state index is 12.8. The minimum absolute atomic E-state index is 0.0338. The van der Waals surface area contributed by atoms with Crippen LogP contribution in [0.5, 0.6) is 5.75 Å². The molecule has 5 aliphatic rings. The van der Waals surface area contributed by atoms with Crippen LogP contribution >= 0.6 is 0 Å². The first-order valence-corrected chi connectivity index (χ1v) is 10.4. The Balaban J connectivity index is 1.25. The molecule has 1 unspecified atom stereocenters. The molecule has 1 atom stereocenters. The van der Waals surface area contributed by atoms with E-state index in [0.717, 1.165) is 42.7 Å². The number of amides is 2. The fraction of sp³-hybridized carbons (Fsp3) is 0.636. The quantitative estimate of drug-likeness (QED) is 0.887. The fourth-order valence-electron chi connectivity index (χ4n) is 6.42. The molecule has 1 aliphatic heterocycles. The number of fused-ring (bicyclic) bond motifs is 1. The zero-order valence-electron chi connectivity index (χ0n) is 15.9. The lowest BCUT2D eigenvalue weighted by atomic mass is 9.53. The van der Waals surface area contributed by atoms with Crippen LogP contribution < -0.4 is 15.0 Å². The molecule has 4 bridgehead atoms. The van der Waals surface area contributed by atoms with Crippen molar-refractivity contribution in [2.75, 3.05) is 11.4 Å². The second-order valence-corrected chi connectivity index (χ2v) is 9.21. The van der Waals surface area contributed by atoms with Crippen molar-refractivity contribution in [1.82, 2.24) is 5.32 Å². The molecule has 4 saturated carbocycles. The summed E-state index contributed by atoms with van der Waals surface area (Å²) >= 11 is 0. The van der Waals surface area contributed by atoms with Crippen molar-refractivity contribution in [3.05, 3.63) is 24.3 Å². The van der Waals surface area contributed by atoms with Gasteiger partial charge in [0.05, 0.1) is 5.69 Å². The average Bonchev–Trinajstić information content (AvgIpc) is 2.60. The molecule has 4 aliphatic carbocycles. The summed E-state index contributed by atoms with van der Waals surface area (Å²) in [4.78, 5) is 27.1. The highest BCUT2D eigenvalue weighted by molar-refractivity contribution is 6.00. The van der Waals surface area contributed by atoms with Crippen molar-refractivity contribution in [3.63, 3.8) is 0 Å². The van der Waals surface area contributed by atoms with E-state index in [0.29, 0.717) is 18.7 Å². The third-order valence-electron chi connectivity index (χ3n) is 7.08. The SMILES string of the molecule is CC1Oc2ccccc2N(CCC(=O)NC23CC4CC(CC(C4)C2)C3)C1=O. The topological polar surface area (TPSA) is 58.6 Å². The Hall–Kier alpha value is -2.04. The van der Waals surface area contributed by atoms with Gasteiger partial charge in [0.25, 0.3) is 5.91 Å². The number of benzene rings is 1. The summed E-state index contributed by atoms with van der Waals surface area (Å²) in [5.41, 5.74) is 0.801. The Morgan fingerprint density at radius 2 is 1.78 bits per heavy atom. The largest absolute Gasteiger partial charge is 0.479 e. The van der Waals surface area contributed by atoms with Gasteiger partial charge >= 0.3 is 0 Å². The van der Waals surface area contributed by atoms with Crippen LogP contribution in [0.4, 0.5) is 5.69 Å². The molecule has 6 rings (SSSR count). The minimum Gasteiger partial charge on any atom is -0.479 e. The molecule has 0 aromatic heterocycles. The van der Waals surface area contributed by atoms with Crippen LogP contribution in [0.25, 0.3) is 0 Å². The third kappa shape index (κ3) is 3.01. The smallest absolute Gasteiger partial charge is 0.267 e. The molecule has 0 saturated heterocycles. The standard InChI is InChI=1S/C22H28N2O3/c1-14-21(26)24(18-4-2-3-5-19(18)27-14)7-6-20(25)23-22-11-15-8-16(12-22)10-17(9-15)13-22/h2-5,14-17H,6-13H2,1H3,(H,23,25). The van der Waals surface area contributed by atoms with Gasteiger partial charge in [0.1, 0.15) is 5.75 Å². The molecule has 1 heterocycles. The van der Waals surface area contributed by atoms with Gasteiger partial charge in [-0.3, -0.25) is 9.59 Å². The van der Waals surface area contributed by atoms with Crippen molar-refractivity contribution in [1.29, 1.82) is 0 Å². The number of para-hydroxylation sites is 2. The minimum atomic E-state index is -0.508. The molecular formula is C22H28N2O3. The van der Waals surface area contributed by atoms with Crippen LogP contribution in [0.2, 0.25) is 0 Å². The molecule has 1 N–H and O–H groups in total. The van der Waals surface area contributed by atoms with Crippen molar-refractivity contribution in [3.8, 4) is 5.75 Å². The summed E-state index contributed by atoms with van der Waals surface area (Å²) in [7, 11) is 0. The Morgan fingerprint density at radius 3 is 2.44 bits per heavy atom. The Kier molecular flexibility index (Phi) is 3.95. The molecule has 2 amide bonds. The molecule has 5 nitrogen and oxygen atoms in total. The van der Waals surface area contributed by atoms with Crippen LogP contribution in [0.15, 0.2) is 24.3 Å². The van der Waals surface area contributed by atoms with E-state index in [4.69, 9.17) is 4.74 Å². The number of hydrogen-bond donors (Lipinski definition) is 1. The van der Waals surface area contributed by atoms with Crippen molar-refractivity contribution < 1.29 is 14.3 Å². The maximum Gasteiger partial charge on any atom is 0.267 e. The summed E-state index contributed by atoms with van der Waals surface area (Å²) in [5.74, 6) is 3.16. The number of carbonyl (C=O) groups excluding carboxylic acids is 2. The van der Waals surface area contributed by atoms with Crippen molar-refractivity contribution in [2.24, 2.45) is 17.8 Å². The summed E-state index contributed by atoms with van der Waals surface area (Å²) in [6, 6.07) is 7.56. The number of ether oxygens (including phenoxy) is 1. The van der Waals surface area contributed by atoms with E-state index in [1.807, 2.05) is 24.3 Å². The Labute approximate surface area is 160 Å². The van der Waals surface area contributed by atoms with Crippen LogP contribution in [0, 0.1) is 17.8 Å². The van der Waals surface area contributed by atoms with E-state index in [-0.39, 0.29) is 17.4 Å². The lowest BCUT2D eigenvalue weighted by Gasteiger charge is -2.57. The van der Waals surface area contributed by atoms with Gasteiger partial charge in [0.15, 0.2) is 6.10 Å². The molecule has 5 heteroatoms. The van der Waals surface area contributed by atoms with Crippen molar-refractivity contribution >= 4 is 17.5 Å². The van der Waals surface area contributed by atoms with Crippen molar-refractivity contribution in [2.45, 2.75) is 63.5 Å². The van der Waals surface area contributed by atoms with Crippen LogP contribution in [-0.4, -0.2) is 30.0 Å². The van der Waals surface area contributed by atoms with Crippen LogP contribution in [0.3, 0.4) is 0 Å². The van der Waals surface area contributed by atoms with Gasteiger partial charge in [0.2, 0.25) is 5.91 Å². The first-order chi connectivity index (χ1) is 13.0. The molecule has 0 spiro atoms. The Bertz CT molecular complexity index is 739. The maximum absolute atomic E-state index is 12.8. The summed E-state index contributed by atoms with van der Waals surface area (Å²) in [6.45, 7) is 2.17. The molecule has 27 heavy (non-hydrogen) atoms. The number of hydrogen-bond acceptors (Lipinski definition) is 3. The number of carbonyl (C=O) groups is 2. The van der Waals surface area contributed by atoms with Crippen LogP contribution in [-0.2, 0) is 9.59 Å². The van der Waals surface area contributed by atoms with E-state index < -0.39 is 6.10 Å². The molecule has 4 fully saturated rings. The lowest BCUT2D eigenvalue weighted by Crippen LogP contribution is -2.60. The number of anilines is 1. The highest BCUT2D eigenvalue weighted by atomic mass is 16.5. The van der Waals surface area contributed by atoms with E-state index in [2.05, 4.69) is 5.32 Å². The van der Waals surface area contributed by atoms with E-state index in [1.54, 1.807) is 11.8 Å². The molecular weight excluding hydrogens is 340 g/mol. The highest BCUT2D eigenvalue weighted by Crippen LogP contribution is 2.55.